The molecule has 166 valence electrons. The first-order valence-corrected chi connectivity index (χ1v) is 10.6. The SMILES string of the molecule is O=C(Nc1ccc(OCc2cc(C(=O)NCC3CCCO3)no2)cc1)c1ccc(Cl)cc1. The number of ether oxygens (including phenoxy) is 2. The molecule has 8 nitrogen and oxygen atoms in total. The molecular weight excluding hydrogens is 434 g/mol. The molecule has 0 bridgehead atoms. The Balaban J connectivity index is 1.25. The number of aromatic nitrogens is 1. The maximum atomic E-state index is 12.3. The van der Waals surface area contributed by atoms with Crippen LogP contribution in [-0.4, -0.2) is 36.2 Å². The fraction of sp³-hybridized carbons (Fsp3) is 0.261. The molecule has 9 heteroatoms. The zero-order valence-electron chi connectivity index (χ0n) is 17.2. The summed E-state index contributed by atoms with van der Waals surface area (Å²) in [5, 5.41) is 9.96. The normalized spacial score (nSPS) is 15.3. The molecule has 2 amide bonds. The molecule has 1 atom stereocenters. The highest BCUT2D eigenvalue weighted by Crippen LogP contribution is 2.19. The van der Waals surface area contributed by atoms with Crippen LogP contribution < -0.4 is 15.4 Å². The van der Waals surface area contributed by atoms with E-state index in [2.05, 4.69) is 15.8 Å². The monoisotopic (exact) mass is 455 g/mol. The second kappa shape index (κ2) is 10.3. The summed E-state index contributed by atoms with van der Waals surface area (Å²) in [6.07, 6.45) is 2.02. The van der Waals surface area contributed by atoms with Crippen molar-refractivity contribution in [2.45, 2.75) is 25.6 Å². The van der Waals surface area contributed by atoms with Crippen LogP contribution in [0.1, 0.15) is 39.4 Å². The molecular formula is C23H22ClN3O5. The van der Waals surface area contributed by atoms with Gasteiger partial charge < -0.3 is 24.6 Å². The number of hydrogen-bond acceptors (Lipinski definition) is 6. The molecule has 1 aromatic heterocycles. The van der Waals surface area contributed by atoms with Crippen molar-refractivity contribution in [3.8, 4) is 5.75 Å². The van der Waals surface area contributed by atoms with Crippen molar-refractivity contribution in [2.75, 3.05) is 18.5 Å². The highest BCUT2D eigenvalue weighted by molar-refractivity contribution is 6.30. The van der Waals surface area contributed by atoms with Crippen molar-refractivity contribution < 1.29 is 23.6 Å². The first-order chi connectivity index (χ1) is 15.6. The number of hydrogen-bond donors (Lipinski definition) is 2. The minimum absolute atomic E-state index is 0.0626. The quantitative estimate of drug-likeness (QED) is 0.530. The predicted octanol–water partition coefficient (Wildman–Crippen LogP) is 4.07. The van der Waals surface area contributed by atoms with E-state index in [0.717, 1.165) is 19.4 Å². The van der Waals surface area contributed by atoms with Gasteiger partial charge in [-0.05, 0) is 61.4 Å². The van der Waals surface area contributed by atoms with Gasteiger partial charge in [0.15, 0.2) is 11.5 Å². The van der Waals surface area contributed by atoms with Crippen molar-refractivity contribution >= 4 is 29.1 Å². The Bertz CT molecular complexity index is 1060. The van der Waals surface area contributed by atoms with Crippen LogP contribution in [0.4, 0.5) is 5.69 Å². The Kier molecular flexibility index (Phi) is 7.03. The molecule has 3 aromatic rings. The third-order valence-electron chi connectivity index (χ3n) is 4.91. The molecule has 32 heavy (non-hydrogen) atoms. The van der Waals surface area contributed by atoms with E-state index in [9.17, 15) is 9.59 Å². The molecule has 2 N–H and O–H groups in total. The summed E-state index contributed by atoms with van der Waals surface area (Å²) in [4.78, 5) is 24.4. The number of amides is 2. The summed E-state index contributed by atoms with van der Waals surface area (Å²) in [6, 6.07) is 15.1. The average Bonchev–Trinajstić information content (AvgIpc) is 3.50. The van der Waals surface area contributed by atoms with Crippen LogP contribution in [0, 0.1) is 0 Å². The number of halogens is 1. The topological polar surface area (TPSA) is 103 Å². The minimum Gasteiger partial charge on any atom is -0.486 e. The summed E-state index contributed by atoms with van der Waals surface area (Å²) in [5.74, 6) is 0.459. The number of rotatable bonds is 8. The molecule has 0 aliphatic carbocycles. The van der Waals surface area contributed by atoms with E-state index in [1.807, 2.05) is 0 Å². The number of benzene rings is 2. The molecule has 0 radical (unpaired) electrons. The standard InChI is InChI=1S/C23H22ClN3O5/c24-16-5-3-15(4-6-16)22(28)26-17-7-9-18(10-8-17)31-14-20-12-21(27-32-20)23(29)25-13-19-2-1-11-30-19/h3-10,12,19H,1-2,11,13-14H2,(H,25,29)(H,26,28). The Morgan fingerprint density at radius 1 is 1.09 bits per heavy atom. The van der Waals surface area contributed by atoms with Crippen molar-refractivity contribution in [1.82, 2.24) is 10.5 Å². The zero-order valence-corrected chi connectivity index (χ0v) is 17.9. The third kappa shape index (κ3) is 5.87. The van der Waals surface area contributed by atoms with E-state index in [1.165, 1.54) is 0 Å². The van der Waals surface area contributed by atoms with Crippen LogP contribution in [0.3, 0.4) is 0 Å². The van der Waals surface area contributed by atoms with E-state index in [-0.39, 0.29) is 30.2 Å². The molecule has 0 spiro atoms. The van der Waals surface area contributed by atoms with Gasteiger partial charge in [-0.3, -0.25) is 9.59 Å². The first kappa shape index (κ1) is 21.9. The lowest BCUT2D eigenvalue weighted by Crippen LogP contribution is -2.31. The molecule has 1 aliphatic heterocycles. The number of carbonyl (C=O) groups is 2. The number of nitrogens with one attached hydrogen (secondary N) is 2. The van der Waals surface area contributed by atoms with E-state index in [0.29, 0.717) is 34.3 Å². The molecule has 1 aliphatic rings. The maximum Gasteiger partial charge on any atom is 0.273 e. The minimum atomic E-state index is -0.309. The van der Waals surface area contributed by atoms with E-state index in [4.69, 9.17) is 25.6 Å². The van der Waals surface area contributed by atoms with Gasteiger partial charge in [0.2, 0.25) is 0 Å². The van der Waals surface area contributed by atoms with Crippen LogP contribution >= 0.6 is 11.6 Å². The highest BCUT2D eigenvalue weighted by Gasteiger charge is 2.18. The Morgan fingerprint density at radius 3 is 2.59 bits per heavy atom. The second-order valence-electron chi connectivity index (χ2n) is 7.30. The Hall–Kier alpha value is -3.36. The van der Waals surface area contributed by atoms with Gasteiger partial charge in [-0.2, -0.15) is 0 Å². The molecule has 0 saturated carbocycles. The van der Waals surface area contributed by atoms with Crippen molar-refractivity contribution in [2.24, 2.45) is 0 Å². The van der Waals surface area contributed by atoms with Gasteiger partial charge in [-0.25, -0.2) is 0 Å². The van der Waals surface area contributed by atoms with E-state index < -0.39 is 0 Å². The van der Waals surface area contributed by atoms with Gasteiger partial charge in [0.1, 0.15) is 12.4 Å². The molecule has 1 unspecified atom stereocenters. The average molecular weight is 456 g/mol. The van der Waals surface area contributed by atoms with Crippen molar-refractivity contribution in [3.63, 3.8) is 0 Å². The van der Waals surface area contributed by atoms with Gasteiger partial charge in [0.05, 0.1) is 6.10 Å². The lowest BCUT2D eigenvalue weighted by Gasteiger charge is -2.09. The summed E-state index contributed by atoms with van der Waals surface area (Å²) >= 11 is 5.84. The number of nitrogens with zero attached hydrogens (tertiary/aromatic N) is 1. The second-order valence-corrected chi connectivity index (χ2v) is 7.73. The van der Waals surface area contributed by atoms with Crippen LogP contribution in [0.5, 0.6) is 5.75 Å². The summed E-state index contributed by atoms with van der Waals surface area (Å²) < 4.78 is 16.3. The molecule has 2 aromatic carbocycles. The lowest BCUT2D eigenvalue weighted by atomic mass is 10.2. The summed E-state index contributed by atoms with van der Waals surface area (Å²) in [7, 11) is 0. The van der Waals surface area contributed by atoms with Gasteiger partial charge in [0.25, 0.3) is 11.8 Å². The summed E-state index contributed by atoms with van der Waals surface area (Å²) in [6.45, 7) is 1.31. The van der Waals surface area contributed by atoms with E-state index >= 15 is 0 Å². The van der Waals surface area contributed by atoms with Crippen LogP contribution in [0.15, 0.2) is 59.1 Å². The van der Waals surface area contributed by atoms with Crippen LogP contribution in [0.25, 0.3) is 0 Å². The third-order valence-corrected chi connectivity index (χ3v) is 5.16. The van der Waals surface area contributed by atoms with Crippen LogP contribution in [-0.2, 0) is 11.3 Å². The molecule has 1 saturated heterocycles. The molecule has 4 rings (SSSR count). The number of carbonyl (C=O) groups excluding carboxylic acids is 2. The zero-order chi connectivity index (χ0) is 22.3. The number of anilines is 1. The Labute approximate surface area is 189 Å². The fourth-order valence-electron chi connectivity index (χ4n) is 3.18. The maximum absolute atomic E-state index is 12.3. The van der Waals surface area contributed by atoms with Gasteiger partial charge >= 0.3 is 0 Å². The van der Waals surface area contributed by atoms with Crippen molar-refractivity contribution in [1.29, 1.82) is 0 Å². The van der Waals surface area contributed by atoms with E-state index in [1.54, 1.807) is 54.6 Å². The lowest BCUT2D eigenvalue weighted by molar-refractivity contribution is 0.0850. The predicted molar refractivity (Wildman–Crippen MR) is 118 cm³/mol. The van der Waals surface area contributed by atoms with Gasteiger partial charge in [0, 0.05) is 35.5 Å². The molecule has 1 fully saturated rings. The van der Waals surface area contributed by atoms with Gasteiger partial charge in [-0.1, -0.05) is 16.8 Å². The van der Waals surface area contributed by atoms with Gasteiger partial charge in [-0.15, -0.1) is 0 Å². The van der Waals surface area contributed by atoms with Crippen LogP contribution in [0.2, 0.25) is 5.02 Å². The largest absolute Gasteiger partial charge is 0.486 e. The first-order valence-electron chi connectivity index (χ1n) is 10.2. The fourth-order valence-corrected chi connectivity index (χ4v) is 3.31. The summed E-state index contributed by atoms with van der Waals surface area (Å²) in [5.41, 5.74) is 1.33. The highest BCUT2D eigenvalue weighted by atomic mass is 35.5. The molecule has 2 heterocycles. The Morgan fingerprint density at radius 2 is 1.88 bits per heavy atom. The van der Waals surface area contributed by atoms with Crippen molar-refractivity contribution in [3.05, 3.63) is 76.6 Å². The smallest absolute Gasteiger partial charge is 0.273 e.